The van der Waals surface area contributed by atoms with Gasteiger partial charge in [0.15, 0.2) is 5.78 Å². The summed E-state index contributed by atoms with van der Waals surface area (Å²) in [5.41, 5.74) is 11.0. The molecule has 140 valence electrons. The third-order valence-corrected chi connectivity index (χ3v) is 5.12. The quantitative estimate of drug-likeness (QED) is 0.694. The number of primary amides is 1. The van der Waals surface area contributed by atoms with Crippen LogP contribution in [0.1, 0.15) is 44.3 Å². The van der Waals surface area contributed by atoms with Crippen molar-refractivity contribution >= 4 is 23.2 Å². The van der Waals surface area contributed by atoms with Gasteiger partial charge in [-0.15, -0.1) is 0 Å². The average Bonchev–Trinajstić information content (AvgIpc) is 3.12. The molecule has 1 amide bonds. The summed E-state index contributed by atoms with van der Waals surface area (Å²) in [5, 5.41) is 0. The van der Waals surface area contributed by atoms with E-state index in [9.17, 15) is 9.59 Å². The smallest absolute Gasteiger partial charge is 0.249 e. The van der Waals surface area contributed by atoms with E-state index in [-0.39, 0.29) is 5.78 Å². The van der Waals surface area contributed by atoms with Gasteiger partial charge in [0.1, 0.15) is 5.82 Å². The molecular weight excluding hydrogens is 350 g/mol. The van der Waals surface area contributed by atoms with Crippen molar-refractivity contribution in [3.63, 3.8) is 0 Å². The van der Waals surface area contributed by atoms with Gasteiger partial charge in [-0.1, -0.05) is 24.3 Å². The number of Topliss-reactive ketones (excluding diaryl/α,β-unsaturated/α-hetero) is 1. The van der Waals surface area contributed by atoms with Crippen molar-refractivity contribution in [1.82, 2.24) is 4.98 Å². The van der Waals surface area contributed by atoms with Crippen molar-refractivity contribution in [1.29, 1.82) is 0 Å². The predicted octanol–water partition coefficient (Wildman–Crippen LogP) is 3.67. The Morgan fingerprint density at radius 1 is 1.07 bits per heavy atom. The van der Waals surface area contributed by atoms with E-state index in [0.29, 0.717) is 5.56 Å². The van der Waals surface area contributed by atoms with E-state index in [1.54, 1.807) is 19.2 Å². The highest BCUT2D eigenvalue weighted by Gasteiger charge is 2.25. The summed E-state index contributed by atoms with van der Waals surface area (Å²) in [7, 11) is 0. The largest absolute Gasteiger partial charge is 0.366 e. The Balaban J connectivity index is 1.63. The topological polar surface area (TPSA) is 76.3 Å². The lowest BCUT2D eigenvalue weighted by atomic mass is 10.0. The Kier molecular flexibility index (Phi) is 4.65. The van der Waals surface area contributed by atoms with Crippen molar-refractivity contribution in [2.24, 2.45) is 5.73 Å². The molecule has 1 aromatic heterocycles. The van der Waals surface area contributed by atoms with Gasteiger partial charge in [0.05, 0.1) is 0 Å². The summed E-state index contributed by atoms with van der Waals surface area (Å²) >= 11 is 0. The third kappa shape index (κ3) is 3.39. The van der Waals surface area contributed by atoms with Crippen LogP contribution in [0.2, 0.25) is 0 Å². The number of anilines is 2. The maximum Gasteiger partial charge on any atom is 0.249 e. The molecule has 0 atom stereocenters. The molecule has 2 N–H and O–H groups in total. The Labute approximate surface area is 163 Å². The number of rotatable bonds is 5. The fourth-order valence-electron chi connectivity index (χ4n) is 3.76. The van der Waals surface area contributed by atoms with Crippen LogP contribution < -0.4 is 10.6 Å². The van der Waals surface area contributed by atoms with Crippen molar-refractivity contribution in [3.8, 4) is 0 Å². The van der Waals surface area contributed by atoms with Gasteiger partial charge in [0.2, 0.25) is 5.91 Å². The van der Waals surface area contributed by atoms with Gasteiger partial charge in [-0.05, 0) is 66.8 Å². The molecule has 0 unspecified atom stereocenters. The van der Waals surface area contributed by atoms with Crippen molar-refractivity contribution in [3.05, 3.63) is 88.6 Å². The van der Waals surface area contributed by atoms with E-state index in [2.05, 4.69) is 16.0 Å². The number of hydrogen-bond donors (Lipinski definition) is 1. The number of carbonyl (C=O) groups excluding carboxylic acids is 2. The van der Waals surface area contributed by atoms with Gasteiger partial charge in [-0.25, -0.2) is 4.98 Å². The van der Waals surface area contributed by atoms with Gasteiger partial charge >= 0.3 is 0 Å². The number of pyridine rings is 1. The summed E-state index contributed by atoms with van der Waals surface area (Å²) < 4.78 is 0. The molecule has 5 heteroatoms. The number of amides is 1. The van der Waals surface area contributed by atoms with Crippen LogP contribution in [0.4, 0.5) is 11.5 Å². The molecule has 28 heavy (non-hydrogen) atoms. The molecule has 0 spiro atoms. The van der Waals surface area contributed by atoms with Gasteiger partial charge in [0.25, 0.3) is 0 Å². The Hall–Kier alpha value is -3.47. The van der Waals surface area contributed by atoms with E-state index < -0.39 is 5.91 Å². The number of aromatic nitrogens is 1. The molecule has 4 rings (SSSR count). The van der Waals surface area contributed by atoms with Crippen LogP contribution in [-0.4, -0.2) is 23.2 Å². The van der Waals surface area contributed by atoms with Crippen LogP contribution in [0.3, 0.4) is 0 Å². The molecule has 0 bridgehead atoms. The fourth-order valence-corrected chi connectivity index (χ4v) is 3.76. The number of nitrogens with zero attached hydrogens (tertiary/aromatic N) is 2. The first-order chi connectivity index (χ1) is 13.5. The minimum absolute atomic E-state index is 0.0659. The first-order valence-electron chi connectivity index (χ1n) is 9.27. The maximum atomic E-state index is 11.7. The monoisotopic (exact) mass is 371 g/mol. The van der Waals surface area contributed by atoms with Crippen molar-refractivity contribution in [2.45, 2.75) is 19.8 Å². The van der Waals surface area contributed by atoms with Gasteiger partial charge in [-0.3, -0.25) is 9.59 Å². The van der Waals surface area contributed by atoms with E-state index in [4.69, 9.17) is 5.73 Å². The lowest BCUT2D eigenvalue weighted by molar-refractivity contribution is 0.0995. The Morgan fingerprint density at radius 3 is 2.64 bits per heavy atom. The molecule has 0 aliphatic carbocycles. The molecule has 2 heterocycles. The molecule has 0 fully saturated rings. The normalized spacial score (nSPS) is 12.7. The highest BCUT2D eigenvalue weighted by molar-refractivity contribution is 5.97. The summed E-state index contributed by atoms with van der Waals surface area (Å²) in [6.07, 6.45) is 3.29. The van der Waals surface area contributed by atoms with Crippen LogP contribution in [0.15, 0.2) is 60.8 Å². The number of carbonyl (C=O) groups is 2. The number of fused-ring (bicyclic) bond motifs is 1. The summed E-state index contributed by atoms with van der Waals surface area (Å²) in [6.45, 7) is 2.34. The SMILES string of the molecule is CC(=O)c1cccc(Cc2ccnc(N3CCc4c(C(N)=O)cccc43)c2)c1. The molecular formula is C23H21N3O2. The average molecular weight is 371 g/mol. The van der Waals surface area contributed by atoms with Crippen molar-refractivity contribution < 1.29 is 9.59 Å². The van der Waals surface area contributed by atoms with Crippen LogP contribution in [0.25, 0.3) is 0 Å². The van der Waals surface area contributed by atoms with E-state index >= 15 is 0 Å². The van der Waals surface area contributed by atoms with Crippen LogP contribution in [0.5, 0.6) is 0 Å². The molecule has 3 aromatic rings. The van der Waals surface area contributed by atoms with Gasteiger partial charge in [0, 0.05) is 29.6 Å². The minimum atomic E-state index is -0.397. The summed E-state index contributed by atoms with van der Waals surface area (Å²) in [5.74, 6) is 0.516. The first kappa shape index (κ1) is 17.9. The van der Waals surface area contributed by atoms with E-state index in [1.165, 1.54) is 0 Å². The third-order valence-electron chi connectivity index (χ3n) is 5.12. The van der Waals surface area contributed by atoms with Crippen molar-refractivity contribution in [2.75, 3.05) is 11.4 Å². The van der Waals surface area contributed by atoms with Crippen LogP contribution >= 0.6 is 0 Å². The highest BCUT2D eigenvalue weighted by atomic mass is 16.1. The van der Waals surface area contributed by atoms with E-state index in [1.807, 2.05) is 42.5 Å². The zero-order valence-electron chi connectivity index (χ0n) is 15.7. The molecule has 5 nitrogen and oxygen atoms in total. The fraction of sp³-hybridized carbons (Fsp3) is 0.174. The molecule has 0 radical (unpaired) electrons. The Morgan fingerprint density at radius 2 is 1.86 bits per heavy atom. The molecule has 1 aliphatic rings. The van der Waals surface area contributed by atoms with Gasteiger partial charge in [-0.2, -0.15) is 0 Å². The maximum absolute atomic E-state index is 11.7. The summed E-state index contributed by atoms with van der Waals surface area (Å²) in [6, 6.07) is 17.4. The molecule has 1 aliphatic heterocycles. The first-order valence-corrected chi connectivity index (χ1v) is 9.27. The predicted molar refractivity (Wildman–Crippen MR) is 109 cm³/mol. The number of benzene rings is 2. The number of nitrogens with two attached hydrogens (primary N) is 1. The van der Waals surface area contributed by atoms with Crippen LogP contribution in [0, 0.1) is 0 Å². The second-order valence-electron chi connectivity index (χ2n) is 7.02. The van der Waals surface area contributed by atoms with E-state index in [0.717, 1.165) is 53.1 Å². The molecule has 0 saturated heterocycles. The number of ketones is 1. The van der Waals surface area contributed by atoms with Gasteiger partial charge < -0.3 is 10.6 Å². The minimum Gasteiger partial charge on any atom is -0.366 e. The molecule has 0 saturated carbocycles. The standard InChI is InChI=1S/C23H21N3O2/c1-15(27)18-5-2-4-16(13-18)12-17-8-10-25-22(14-17)26-11-9-19-20(23(24)28)6-3-7-21(19)26/h2-8,10,13-14H,9,11-12H2,1H3,(H2,24,28). The Bertz CT molecular complexity index is 1070. The highest BCUT2D eigenvalue weighted by Crippen LogP contribution is 2.35. The van der Waals surface area contributed by atoms with Crippen LogP contribution in [-0.2, 0) is 12.8 Å². The number of hydrogen-bond acceptors (Lipinski definition) is 4. The summed E-state index contributed by atoms with van der Waals surface area (Å²) in [4.78, 5) is 30.0. The zero-order valence-corrected chi connectivity index (χ0v) is 15.7. The second-order valence-corrected chi connectivity index (χ2v) is 7.02. The lowest BCUT2D eigenvalue weighted by Crippen LogP contribution is -2.15. The second kappa shape index (κ2) is 7.27. The zero-order chi connectivity index (χ0) is 19.7. The lowest BCUT2D eigenvalue weighted by Gasteiger charge is -2.19. The molecule has 2 aromatic carbocycles.